The molecule has 182 valence electrons. The van der Waals surface area contributed by atoms with Gasteiger partial charge in [0, 0.05) is 35.7 Å². The number of methoxy groups -OCH3 is 1. The molecule has 2 N–H and O–H groups in total. The van der Waals surface area contributed by atoms with Gasteiger partial charge in [-0.25, -0.2) is 4.79 Å². The number of urea groups is 1. The zero-order valence-electron chi connectivity index (χ0n) is 19.9. The Labute approximate surface area is 206 Å². The van der Waals surface area contributed by atoms with Gasteiger partial charge >= 0.3 is 6.03 Å². The molecular formula is C28H31N3O4. The van der Waals surface area contributed by atoms with Gasteiger partial charge < -0.3 is 25.0 Å². The van der Waals surface area contributed by atoms with Gasteiger partial charge in [-0.1, -0.05) is 42.9 Å². The van der Waals surface area contributed by atoms with Crippen molar-refractivity contribution in [2.45, 2.75) is 43.7 Å². The van der Waals surface area contributed by atoms with E-state index in [0.29, 0.717) is 23.9 Å². The number of nitrogens with zero attached hydrogens (tertiary/aromatic N) is 2. The molecule has 0 radical (unpaired) electrons. The molecule has 7 heteroatoms. The number of benzene rings is 2. The van der Waals surface area contributed by atoms with Gasteiger partial charge in [-0.2, -0.15) is 0 Å². The van der Waals surface area contributed by atoms with Crippen molar-refractivity contribution in [1.82, 2.24) is 9.80 Å². The first-order chi connectivity index (χ1) is 17.1. The molecule has 1 aliphatic carbocycles. The first kappa shape index (κ1) is 23.3. The Morgan fingerprint density at radius 1 is 1.17 bits per heavy atom. The van der Waals surface area contributed by atoms with Gasteiger partial charge in [0.2, 0.25) is 5.91 Å². The molecule has 35 heavy (non-hydrogen) atoms. The molecule has 2 aromatic carbocycles. The molecule has 2 aliphatic heterocycles. The highest BCUT2D eigenvalue weighted by Crippen LogP contribution is 2.43. The Morgan fingerprint density at radius 2 is 1.94 bits per heavy atom. The van der Waals surface area contributed by atoms with Crippen molar-refractivity contribution >= 4 is 17.6 Å². The Kier molecular flexibility index (Phi) is 6.65. The molecule has 2 aromatic rings. The monoisotopic (exact) mass is 473 g/mol. The minimum atomic E-state index is -0.324. The third-order valence-corrected chi connectivity index (χ3v) is 7.43. The highest BCUT2D eigenvalue weighted by Gasteiger charge is 2.54. The molecule has 3 aliphatic rings. The SMILES string of the molecule is COc1cccc(NC(=O)N2CC(=O)N3[C@H](CO)[C@@H](c4ccc(C#CC5CCCC5)cc4)[C@H]3C2)c1. The predicted molar refractivity (Wildman–Crippen MR) is 133 cm³/mol. The van der Waals surface area contributed by atoms with Crippen LogP contribution >= 0.6 is 0 Å². The summed E-state index contributed by atoms with van der Waals surface area (Å²) in [5.74, 6) is 7.66. The number of amides is 3. The molecule has 3 amide bonds. The summed E-state index contributed by atoms with van der Waals surface area (Å²) in [4.78, 5) is 29.1. The summed E-state index contributed by atoms with van der Waals surface area (Å²) in [6.07, 6.45) is 4.93. The number of fused-ring (bicyclic) bond motifs is 1. The normalized spacial score (nSPS) is 23.7. The number of hydrogen-bond donors (Lipinski definition) is 2. The second-order valence-corrected chi connectivity index (χ2v) is 9.56. The van der Waals surface area contributed by atoms with Gasteiger partial charge in [-0.05, 0) is 42.7 Å². The van der Waals surface area contributed by atoms with Gasteiger partial charge in [0.1, 0.15) is 12.3 Å². The molecule has 7 nitrogen and oxygen atoms in total. The molecular weight excluding hydrogens is 442 g/mol. The van der Waals surface area contributed by atoms with Crippen LogP contribution in [0.15, 0.2) is 48.5 Å². The van der Waals surface area contributed by atoms with Gasteiger partial charge in [0.25, 0.3) is 0 Å². The lowest BCUT2D eigenvalue weighted by Crippen LogP contribution is -2.73. The Balaban J connectivity index is 1.29. The fourth-order valence-corrected chi connectivity index (χ4v) is 5.60. The molecule has 5 rings (SSSR count). The van der Waals surface area contributed by atoms with E-state index >= 15 is 0 Å². The first-order valence-electron chi connectivity index (χ1n) is 12.3. The van der Waals surface area contributed by atoms with E-state index < -0.39 is 0 Å². The second kappa shape index (κ2) is 10.0. The van der Waals surface area contributed by atoms with E-state index in [0.717, 1.165) is 11.1 Å². The third kappa shape index (κ3) is 4.71. The van der Waals surface area contributed by atoms with E-state index in [-0.39, 0.29) is 43.1 Å². The summed E-state index contributed by atoms with van der Waals surface area (Å²) in [5, 5.41) is 12.9. The van der Waals surface area contributed by atoms with Crippen LogP contribution in [0.4, 0.5) is 10.5 Å². The Bertz CT molecular complexity index is 1150. The summed E-state index contributed by atoms with van der Waals surface area (Å²) in [7, 11) is 1.57. The Hall–Kier alpha value is -3.50. The van der Waals surface area contributed by atoms with E-state index in [1.54, 1.807) is 41.2 Å². The highest BCUT2D eigenvalue weighted by atomic mass is 16.5. The molecule has 2 saturated heterocycles. The standard InChI is InChI=1S/C28H31N3O4/c1-35-23-8-4-7-22(15-23)29-28(34)30-16-24-27(25(18-32)31(24)26(33)17-30)21-13-11-20(12-14-21)10-9-19-5-2-3-6-19/h4,7-8,11-15,19,24-25,27,32H,2-3,5-6,16-18H2,1H3,(H,29,34)/t24-,25-,27+/m1/s1. The van der Waals surface area contributed by atoms with E-state index in [1.807, 2.05) is 24.3 Å². The van der Waals surface area contributed by atoms with Crippen LogP contribution in [-0.4, -0.2) is 65.7 Å². The number of nitrogens with one attached hydrogen (secondary N) is 1. The van der Waals surface area contributed by atoms with Crippen molar-refractivity contribution in [3.63, 3.8) is 0 Å². The number of carbonyl (C=O) groups is 2. The fraction of sp³-hybridized carbons (Fsp3) is 0.429. The number of anilines is 1. The van der Waals surface area contributed by atoms with E-state index in [4.69, 9.17) is 4.74 Å². The highest BCUT2D eigenvalue weighted by molar-refractivity contribution is 5.94. The zero-order chi connectivity index (χ0) is 24.4. The topological polar surface area (TPSA) is 82.1 Å². The lowest BCUT2D eigenvalue weighted by Gasteiger charge is -2.58. The van der Waals surface area contributed by atoms with Crippen molar-refractivity contribution < 1.29 is 19.4 Å². The van der Waals surface area contributed by atoms with Crippen LogP contribution in [0.1, 0.15) is 42.7 Å². The smallest absolute Gasteiger partial charge is 0.322 e. The predicted octanol–water partition coefficient (Wildman–Crippen LogP) is 3.44. The molecule has 0 bridgehead atoms. The minimum Gasteiger partial charge on any atom is -0.497 e. The number of aliphatic hydroxyl groups excluding tert-OH is 1. The lowest BCUT2D eigenvalue weighted by atomic mass is 9.73. The van der Waals surface area contributed by atoms with Crippen molar-refractivity contribution in [2.75, 3.05) is 32.1 Å². The fourth-order valence-electron chi connectivity index (χ4n) is 5.60. The molecule has 2 heterocycles. The van der Waals surface area contributed by atoms with Gasteiger partial charge in [0.05, 0.1) is 25.8 Å². The second-order valence-electron chi connectivity index (χ2n) is 9.56. The number of rotatable bonds is 4. The maximum Gasteiger partial charge on any atom is 0.322 e. The molecule has 0 aromatic heterocycles. The van der Waals surface area contributed by atoms with E-state index in [1.165, 1.54) is 25.7 Å². The third-order valence-electron chi connectivity index (χ3n) is 7.43. The summed E-state index contributed by atoms with van der Waals surface area (Å²) in [5.41, 5.74) is 2.65. The number of piperazine rings is 1. The van der Waals surface area contributed by atoms with Crippen molar-refractivity contribution in [3.8, 4) is 17.6 Å². The number of ether oxygens (including phenoxy) is 1. The van der Waals surface area contributed by atoms with Crippen LogP contribution in [-0.2, 0) is 4.79 Å². The molecule has 0 spiro atoms. The minimum absolute atomic E-state index is 0.00871. The maximum atomic E-state index is 12.9. The van der Waals surface area contributed by atoms with Gasteiger partial charge in [-0.15, -0.1) is 0 Å². The van der Waals surface area contributed by atoms with E-state index in [9.17, 15) is 14.7 Å². The maximum absolute atomic E-state index is 12.9. The molecule has 1 saturated carbocycles. The van der Waals surface area contributed by atoms with Crippen LogP contribution in [0.25, 0.3) is 0 Å². The molecule has 0 unspecified atom stereocenters. The summed E-state index contributed by atoms with van der Waals surface area (Å²) in [6, 6.07) is 14.5. The van der Waals surface area contributed by atoms with Crippen molar-refractivity contribution in [1.29, 1.82) is 0 Å². The quantitative estimate of drug-likeness (QED) is 0.667. The Morgan fingerprint density at radius 3 is 2.66 bits per heavy atom. The number of hydrogen-bond acceptors (Lipinski definition) is 4. The van der Waals surface area contributed by atoms with Crippen LogP contribution in [0.5, 0.6) is 5.75 Å². The average Bonchev–Trinajstić information content (AvgIpc) is 3.38. The summed E-state index contributed by atoms with van der Waals surface area (Å²) >= 11 is 0. The average molecular weight is 474 g/mol. The number of aliphatic hydroxyl groups is 1. The van der Waals surface area contributed by atoms with Crippen LogP contribution in [0, 0.1) is 17.8 Å². The first-order valence-corrected chi connectivity index (χ1v) is 12.3. The van der Waals surface area contributed by atoms with Crippen LogP contribution in [0.2, 0.25) is 0 Å². The zero-order valence-corrected chi connectivity index (χ0v) is 19.9. The van der Waals surface area contributed by atoms with Gasteiger partial charge in [0.15, 0.2) is 0 Å². The van der Waals surface area contributed by atoms with Gasteiger partial charge in [-0.3, -0.25) is 4.79 Å². The number of carbonyl (C=O) groups excluding carboxylic acids is 2. The van der Waals surface area contributed by atoms with Crippen molar-refractivity contribution in [2.24, 2.45) is 5.92 Å². The molecule has 3 atom stereocenters. The lowest BCUT2D eigenvalue weighted by molar-refractivity contribution is -0.159. The van der Waals surface area contributed by atoms with E-state index in [2.05, 4.69) is 17.2 Å². The largest absolute Gasteiger partial charge is 0.497 e. The molecule has 3 fully saturated rings. The van der Waals surface area contributed by atoms with Crippen LogP contribution < -0.4 is 10.1 Å². The summed E-state index contributed by atoms with van der Waals surface area (Å²) in [6.45, 7) is 0.295. The van der Waals surface area contributed by atoms with Crippen molar-refractivity contribution in [3.05, 3.63) is 59.7 Å². The van der Waals surface area contributed by atoms with Crippen LogP contribution in [0.3, 0.4) is 0 Å². The summed E-state index contributed by atoms with van der Waals surface area (Å²) < 4.78 is 5.22.